The lowest BCUT2D eigenvalue weighted by Gasteiger charge is -2.21. The minimum absolute atomic E-state index is 0.112. The zero-order chi connectivity index (χ0) is 19.6. The fraction of sp³-hybridized carbons (Fsp3) is 0.263. The van der Waals surface area contributed by atoms with Crippen LogP contribution in [-0.2, 0) is 9.53 Å². The largest absolute Gasteiger partial charge is 0.480 e. The molecule has 2 aromatic carbocycles. The molecule has 0 bridgehead atoms. The second kappa shape index (κ2) is 7.71. The highest BCUT2D eigenvalue weighted by atomic mass is 19.2. The maximum Gasteiger partial charge on any atom is 0.326 e. The Morgan fingerprint density at radius 3 is 2.33 bits per heavy atom. The van der Waals surface area contributed by atoms with E-state index in [0.29, 0.717) is 5.75 Å². The number of hydrogen-bond donors (Lipinski definition) is 1. The van der Waals surface area contributed by atoms with Crippen LogP contribution in [0, 0.1) is 11.6 Å². The van der Waals surface area contributed by atoms with Gasteiger partial charge in [-0.15, -0.1) is 0 Å². The van der Waals surface area contributed by atoms with Crippen molar-refractivity contribution in [2.45, 2.75) is 18.6 Å². The smallest absolute Gasteiger partial charge is 0.326 e. The molecule has 1 aliphatic heterocycles. The molecule has 6 nitrogen and oxygen atoms in total. The molecular formula is C19H17F2NO5. The van der Waals surface area contributed by atoms with Crippen LogP contribution in [0.25, 0.3) is 0 Å². The van der Waals surface area contributed by atoms with Crippen molar-refractivity contribution < 1.29 is 33.0 Å². The van der Waals surface area contributed by atoms with Gasteiger partial charge >= 0.3 is 5.97 Å². The first-order chi connectivity index (χ1) is 12.9. The van der Waals surface area contributed by atoms with Gasteiger partial charge in [-0.3, -0.25) is 4.79 Å². The minimum Gasteiger partial charge on any atom is -0.480 e. The van der Waals surface area contributed by atoms with Gasteiger partial charge in [0.15, 0.2) is 11.6 Å². The molecule has 1 fully saturated rings. The Labute approximate surface area is 153 Å². The molecule has 2 atom stereocenters. The highest BCUT2D eigenvalue weighted by Gasteiger charge is 2.40. The Bertz CT molecular complexity index is 856. The normalized spacial score (nSPS) is 19.1. The SMILES string of the molecule is COC1CC(C(=O)O)N(C(=O)c2ccc(Oc3ccc(F)c(F)c3)cc2)C1. The first-order valence-electron chi connectivity index (χ1n) is 8.18. The molecule has 1 saturated heterocycles. The van der Waals surface area contributed by atoms with Crippen molar-refractivity contribution in [3.63, 3.8) is 0 Å². The maximum atomic E-state index is 13.2. The fourth-order valence-electron chi connectivity index (χ4n) is 2.93. The number of carbonyl (C=O) groups is 2. The van der Waals surface area contributed by atoms with Crippen molar-refractivity contribution >= 4 is 11.9 Å². The average molecular weight is 377 g/mol. The summed E-state index contributed by atoms with van der Waals surface area (Å²) in [6.07, 6.45) is -0.0967. The number of carbonyl (C=O) groups excluding carboxylic acids is 1. The van der Waals surface area contributed by atoms with E-state index in [0.717, 1.165) is 12.1 Å². The van der Waals surface area contributed by atoms with Crippen LogP contribution in [0.1, 0.15) is 16.8 Å². The topological polar surface area (TPSA) is 76.1 Å². The van der Waals surface area contributed by atoms with E-state index in [2.05, 4.69) is 0 Å². The Balaban J connectivity index is 1.73. The summed E-state index contributed by atoms with van der Waals surface area (Å²) in [5.41, 5.74) is 0.288. The summed E-state index contributed by atoms with van der Waals surface area (Å²) < 4.78 is 36.8. The molecule has 8 heteroatoms. The van der Waals surface area contributed by atoms with E-state index < -0.39 is 29.6 Å². The number of likely N-dealkylation sites (tertiary alicyclic amines) is 1. The van der Waals surface area contributed by atoms with Crippen LogP contribution in [-0.4, -0.2) is 47.7 Å². The Hall–Kier alpha value is -3.00. The molecule has 0 aromatic heterocycles. The number of ether oxygens (including phenoxy) is 2. The lowest BCUT2D eigenvalue weighted by molar-refractivity contribution is -0.141. The van der Waals surface area contributed by atoms with Crippen LogP contribution in [0.15, 0.2) is 42.5 Å². The molecule has 1 aliphatic rings. The Morgan fingerprint density at radius 1 is 1.07 bits per heavy atom. The lowest BCUT2D eigenvalue weighted by Crippen LogP contribution is -2.40. The average Bonchev–Trinajstić information content (AvgIpc) is 3.10. The molecule has 0 saturated carbocycles. The molecule has 2 unspecified atom stereocenters. The van der Waals surface area contributed by atoms with Gasteiger partial charge in [0.25, 0.3) is 5.91 Å². The van der Waals surface area contributed by atoms with E-state index >= 15 is 0 Å². The predicted octanol–water partition coefficient (Wildman–Crippen LogP) is 3.07. The molecule has 0 spiro atoms. The van der Waals surface area contributed by atoms with E-state index in [1.54, 1.807) is 0 Å². The molecule has 1 N–H and O–H groups in total. The van der Waals surface area contributed by atoms with Gasteiger partial charge in [-0.2, -0.15) is 0 Å². The molecule has 27 heavy (non-hydrogen) atoms. The Kier molecular flexibility index (Phi) is 5.36. The molecule has 1 heterocycles. The third-order valence-corrected chi connectivity index (χ3v) is 4.37. The van der Waals surface area contributed by atoms with Crippen LogP contribution in [0.4, 0.5) is 8.78 Å². The van der Waals surface area contributed by atoms with Gasteiger partial charge in [-0.25, -0.2) is 13.6 Å². The van der Waals surface area contributed by atoms with Crippen molar-refractivity contribution in [3.05, 3.63) is 59.7 Å². The summed E-state index contributed by atoms with van der Waals surface area (Å²) >= 11 is 0. The fourth-order valence-corrected chi connectivity index (χ4v) is 2.93. The summed E-state index contributed by atoms with van der Waals surface area (Å²) in [5, 5.41) is 9.32. The number of amides is 1. The van der Waals surface area contributed by atoms with Crippen LogP contribution < -0.4 is 4.74 Å². The summed E-state index contributed by atoms with van der Waals surface area (Å²) in [4.78, 5) is 25.3. The number of nitrogens with zero attached hydrogens (tertiary/aromatic N) is 1. The number of carboxylic acids is 1. The molecule has 0 aliphatic carbocycles. The van der Waals surface area contributed by atoms with E-state index in [4.69, 9.17) is 9.47 Å². The summed E-state index contributed by atoms with van der Waals surface area (Å²) in [7, 11) is 1.47. The first-order valence-corrected chi connectivity index (χ1v) is 8.18. The highest BCUT2D eigenvalue weighted by Crippen LogP contribution is 2.26. The Morgan fingerprint density at radius 2 is 1.74 bits per heavy atom. The molecule has 142 valence electrons. The standard InChI is InChI=1S/C19H17F2NO5/c1-26-14-9-17(19(24)25)22(10-14)18(23)11-2-4-12(5-3-11)27-13-6-7-15(20)16(21)8-13/h2-8,14,17H,9-10H2,1H3,(H,24,25). The van der Waals surface area contributed by atoms with Crippen LogP contribution in [0.5, 0.6) is 11.5 Å². The summed E-state index contributed by atoms with van der Waals surface area (Å²) in [6.45, 7) is 0.194. The van der Waals surface area contributed by atoms with Crippen molar-refractivity contribution in [1.29, 1.82) is 0 Å². The van der Waals surface area contributed by atoms with Gasteiger partial charge in [0.05, 0.1) is 6.10 Å². The van der Waals surface area contributed by atoms with Crippen LogP contribution in [0.3, 0.4) is 0 Å². The van der Waals surface area contributed by atoms with E-state index in [1.165, 1.54) is 42.3 Å². The first kappa shape index (κ1) is 18.8. The van der Waals surface area contributed by atoms with Crippen molar-refractivity contribution in [2.24, 2.45) is 0 Å². The van der Waals surface area contributed by atoms with E-state index in [-0.39, 0.29) is 30.4 Å². The number of carboxylic acid groups (broad SMARTS) is 1. The molecular weight excluding hydrogens is 360 g/mol. The predicted molar refractivity (Wildman–Crippen MR) is 90.7 cm³/mol. The number of halogens is 2. The van der Waals surface area contributed by atoms with Crippen molar-refractivity contribution in [2.75, 3.05) is 13.7 Å². The van der Waals surface area contributed by atoms with Gasteiger partial charge in [-0.05, 0) is 36.4 Å². The third kappa shape index (κ3) is 4.06. The van der Waals surface area contributed by atoms with Crippen molar-refractivity contribution in [3.8, 4) is 11.5 Å². The van der Waals surface area contributed by atoms with E-state index in [9.17, 15) is 23.5 Å². The summed E-state index contributed by atoms with van der Waals surface area (Å²) in [6, 6.07) is 8.16. The molecule has 3 rings (SSSR count). The number of benzene rings is 2. The van der Waals surface area contributed by atoms with Gasteiger partial charge in [0.2, 0.25) is 0 Å². The molecule has 0 radical (unpaired) electrons. The number of rotatable bonds is 5. The monoisotopic (exact) mass is 377 g/mol. The van der Waals surface area contributed by atoms with Crippen LogP contribution in [0.2, 0.25) is 0 Å². The lowest BCUT2D eigenvalue weighted by atomic mass is 10.1. The number of hydrogen-bond acceptors (Lipinski definition) is 4. The van der Waals surface area contributed by atoms with Crippen molar-refractivity contribution in [1.82, 2.24) is 4.90 Å². The third-order valence-electron chi connectivity index (χ3n) is 4.37. The van der Waals surface area contributed by atoms with Gasteiger partial charge in [-0.1, -0.05) is 0 Å². The molecule has 1 amide bonds. The minimum atomic E-state index is -1.08. The van der Waals surface area contributed by atoms with E-state index in [1.807, 2.05) is 0 Å². The van der Waals surface area contributed by atoms with Gasteiger partial charge in [0, 0.05) is 31.7 Å². The number of methoxy groups -OCH3 is 1. The summed E-state index contributed by atoms with van der Waals surface area (Å²) in [5.74, 6) is -3.08. The van der Waals surface area contributed by atoms with Gasteiger partial charge in [0.1, 0.15) is 17.5 Å². The second-order valence-electron chi connectivity index (χ2n) is 6.11. The van der Waals surface area contributed by atoms with Crippen LogP contribution >= 0.6 is 0 Å². The van der Waals surface area contributed by atoms with Gasteiger partial charge < -0.3 is 19.5 Å². The zero-order valence-corrected chi connectivity index (χ0v) is 14.4. The maximum absolute atomic E-state index is 13.2. The highest BCUT2D eigenvalue weighted by molar-refractivity contribution is 5.97. The zero-order valence-electron chi connectivity index (χ0n) is 14.4. The molecule has 2 aromatic rings. The quantitative estimate of drug-likeness (QED) is 0.867. The number of aliphatic carboxylic acids is 1. The second-order valence-corrected chi connectivity index (χ2v) is 6.11.